The van der Waals surface area contributed by atoms with Crippen molar-refractivity contribution in [1.82, 2.24) is 5.48 Å². The SMILES string of the molecule is COc1cccc(NC(=O)CNOCC(C)C)c1. The number of hydrogen-bond donors (Lipinski definition) is 2. The van der Waals surface area contributed by atoms with Gasteiger partial charge in [0.2, 0.25) is 5.91 Å². The van der Waals surface area contributed by atoms with Crippen LogP contribution in [0.25, 0.3) is 0 Å². The molecule has 5 nitrogen and oxygen atoms in total. The second-order valence-corrected chi connectivity index (χ2v) is 4.31. The highest BCUT2D eigenvalue weighted by Gasteiger charge is 2.03. The van der Waals surface area contributed by atoms with E-state index in [1.807, 2.05) is 26.0 Å². The van der Waals surface area contributed by atoms with Gasteiger partial charge in [-0.3, -0.25) is 4.79 Å². The number of benzene rings is 1. The fourth-order valence-electron chi connectivity index (χ4n) is 1.25. The number of amides is 1. The van der Waals surface area contributed by atoms with E-state index in [2.05, 4.69) is 10.8 Å². The highest BCUT2D eigenvalue weighted by atomic mass is 16.6. The first-order chi connectivity index (χ1) is 8.61. The Morgan fingerprint density at radius 1 is 1.39 bits per heavy atom. The summed E-state index contributed by atoms with van der Waals surface area (Å²) in [4.78, 5) is 16.7. The van der Waals surface area contributed by atoms with E-state index in [1.165, 1.54) is 0 Å². The van der Waals surface area contributed by atoms with Gasteiger partial charge in [0.1, 0.15) is 12.3 Å². The van der Waals surface area contributed by atoms with Crippen LogP contribution in [0.5, 0.6) is 5.75 Å². The van der Waals surface area contributed by atoms with Gasteiger partial charge in [-0.1, -0.05) is 19.9 Å². The molecule has 18 heavy (non-hydrogen) atoms. The summed E-state index contributed by atoms with van der Waals surface area (Å²) in [6.45, 7) is 4.77. The monoisotopic (exact) mass is 252 g/mol. The molecular weight excluding hydrogens is 232 g/mol. The van der Waals surface area contributed by atoms with Crippen LogP contribution in [0.1, 0.15) is 13.8 Å². The van der Waals surface area contributed by atoms with E-state index in [9.17, 15) is 4.79 Å². The number of hydroxylamine groups is 1. The molecule has 1 rings (SSSR count). The number of carbonyl (C=O) groups is 1. The second kappa shape index (κ2) is 7.68. The summed E-state index contributed by atoms with van der Waals surface area (Å²) in [5.74, 6) is 0.975. The molecule has 0 aromatic heterocycles. The van der Waals surface area contributed by atoms with Crippen molar-refractivity contribution in [2.75, 3.05) is 25.6 Å². The molecule has 1 aromatic rings. The molecule has 0 fully saturated rings. The van der Waals surface area contributed by atoms with Gasteiger partial charge in [0.25, 0.3) is 0 Å². The smallest absolute Gasteiger partial charge is 0.240 e. The van der Waals surface area contributed by atoms with Gasteiger partial charge in [0, 0.05) is 11.8 Å². The largest absolute Gasteiger partial charge is 0.497 e. The van der Waals surface area contributed by atoms with E-state index in [0.29, 0.717) is 24.0 Å². The number of carbonyl (C=O) groups excluding carboxylic acids is 1. The third kappa shape index (κ3) is 5.65. The molecule has 0 aliphatic heterocycles. The van der Waals surface area contributed by atoms with Crippen molar-refractivity contribution < 1.29 is 14.4 Å². The molecule has 5 heteroatoms. The van der Waals surface area contributed by atoms with Crippen LogP contribution in [0.15, 0.2) is 24.3 Å². The minimum absolute atomic E-state index is 0.115. The van der Waals surface area contributed by atoms with Crippen LogP contribution in [-0.4, -0.2) is 26.2 Å². The second-order valence-electron chi connectivity index (χ2n) is 4.31. The first kappa shape index (κ1) is 14.5. The van der Waals surface area contributed by atoms with Gasteiger partial charge in [-0.05, 0) is 18.1 Å². The molecule has 0 radical (unpaired) electrons. The van der Waals surface area contributed by atoms with Gasteiger partial charge >= 0.3 is 0 Å². The Labute approximate surface area is 107 Å². The van der Waals surface area contributed by atoms with Crippen molar-refractivity contribution in [3.05, 3.63) is 24.3 Å². The van der Waals surface area contributed by atoms with E-state index in [-0.39, 0.29) is 12.5 Å². The Hall–Kier alpha value is -1.59. The molecule has 0 bridgehead atoms. The summed E-state index contributed by atoms with van der Waals surface area (Å²) < 4.78 is 5.07. The molecule has 1 amide bonds. The summed E-state index contributed by atoms with van der Waals surface area (Å²) in [6.07, 6.45) is 0. The van der Waals surface area contributed by atoms with Crippen LogP contribution in [-0.2, 0) is 9.63 Å². The van der Waals surface area contributed by atoms with Gasteiger partial charge in [-0.25, -0.2) is 0 Å². The Kier molecular flexibility index (Phi) is 6.18. The molecule has 0 saturated heterocycles. The first-order valence-electron chi connectivity index (χ1n) is 5.90. The number of rotatable bonds is 7. The maximum Gasteiger partial charge on any atom is 0.240 e. The fourth-order valence-corrected chi connectivity index (χ4v) is 1.25. The highest BCUT2D eigenvalue weighted by molar-refractivity contribution is 5.92. The molecular formula is C13H20N2O3. The zero-order chi connectivity index (χ0) is 13.4. The molecule has 2 N–H and O–H groups in total. The van der Waals surface area contributed by atoms with Crippen LogP contribution in [0.3, 0.4) is 0 Å². The van der Waals surface area contributed by atoms with Gasteiger partial charge < -0.3 is 14.9 Å². The van der Waals surface area contributed by atoms with Crippen LogP contribution in [0.4, 0.5) is 5.69 Å². The fraction of sp³-hybridized carbons (Fsp3) is 0.462. The summed E-state index contributed by atoms with van der Waals surface area (Å²) in [5, 5.41) is 2.74. The Bertz CT molecular complexity index is 380. The number of methoxy groups -OCH3 is 1. The average molecular weight is 252 g/mol. The van der Waals surface area contributed by atoms with Crippen molar-refractivity contribution in [3.63, 3.8) is 0 Å². The third-order valence-corrected chi connectivity index (χ3v) is 2.10. The van der Waals surface area contributed by atoms with Crippen molar-refractivity contribution in [2.45, 2.75) is 13.8 Å². The zero-order valence-electron chi connectivity index (χ0n) is 11.0. The summed E-state index contributed by atoms with van der Waals surface area (Å²) >= 11 is 0. The summed E-state index contributed by atoms with van der Waals surface area (Å²) in [5.41, 5.74) is 3.32. The molecule has 0 spiro atoms. The lowest BCUT2D eigenvalue weighted by atomic mass is 10.2. The Morgan fingerprint density at radius 2 is 2.17 bits per heavy atom. The van der Waals surface area contributed by atoms with Crippen molar-refractivity contribution in [3.8, 4) is 5.75 Å². The Balaban J connectivity index is 2.30. The van der Waals surface area contributed by atoms with Crippen molar-refractivity contribution in [1.29, 1.82) is 0 Å². The third-order valence-electron chi connectivity index (χ3n) is 2.10. The maximum absolute atomic E-state index is 11.6. The van der Waals surface area contributed by atoms with E-state index >= 15 is 0 Å². The quantitative estimate of drug-likeness (QED) is 0.574. The lowest BCUT2D eigenvalue weighted by Gasteiger charge is -2.09. The lowest BCUT2D eigenvalue weighted by Crippen LogP contribution is -2.29. The minimum Gasteiger partial charge on any atom is -0.497 e. The molecule has 100 valence electrons. The molecule has 0 aliphatic rings. The summed E-state index contributed by atoms with van der Waals surface area (Å²) in [7, 11) is 1.59. The van der Waals surface area contributed by atoms with Crippen molar-refractivity contribution in [2.24, 2.45) is 5.92 Å². The standard InChI is InChI=1S/C13H20N2O3/c1-10(2)9-18-14-8-13(16)15-11-5-4-6-12(7-11)17-3/h4-7,10,14H,8-9H2,1-3H3,(H,15,16). The highest BCUT2D eigenvalue weighted by Crippen LogP contribution is 2.16. The number of ether oxygens (including phenoxy) is 1. The van der Waals surface area contributed by atoms with Crippen molar-refractivity contribution >= 4 is 11.6 Å². The van der Waals surface area contributed by atoms with Gasteiger partial charge in [0.05, 0.1) is 13.7 Å². The van der Waals surface area contributed by atoms with E-state index < -0.39 is 0 Å². The number of hydrogen-bond acceptors (Lipinski definition) is 4. The predicted octanol–water partition coefficient (Wildman–Crippen LogP) is 1.81. The topological polar surface area (TPSA) is 59.6 Å². The lowest BCUT2D eigenvalue weighted by molar-refractivity contribution is -0.118. The minimum atomic E-state index is -0.160. The zero-order valence-corrected chi connectivity index (χ0v) is 11.0. The molecule has 0 unspecified atom stereocenters. The van der Waals surface area contributed by atoms with Crippen LogP contribution in [0.2, 0.25) is 0 Å². The van der Waals surface area contributed by atoms with Crippen LogP contribution >= 0.6 is 0 Å². The average Bonchev–Trinajstić information content (AvgIpc) is 2.34. The van der Waals surface area contributed by atoms with Crippen LogP contribution < -0.4 is 15.5 Å². The predicted molar refractivity (Wildman–Crippen MR) is 70.4 cm³/mol. The first-order valence-corrected chi connectivity index (χ1v) is 5.90. The number of nitrogens with one attached hydrogen (secondary N) is 2. The molecule has 0 aliphatic carbocycles. The van der Waals surface area contributed by atoms with Crippen LogP contribution in [0, 0.1) is 5.92 Å². The normalized spacial score (nSPS) is 10.4. The summed E-state index contributed by atoms with van der Waals surface area (Å²) in [6, 6.07) is 7.19. The van der Waals surface area contributed by atoms with E-state index in [0.717, 1.165) is 0 Å². The van der Waals surface area contributed by atoms with Gasteiger partial charge in [-0.2, -0.15) is 5.48 Å². The molecule has 0 atom stereocenters. The molecule has 0 heterocycles. The molecule has 0 saturated carbocycles. The van der Waals surface area contributed by atoms with E-state index in [4.69, 9.17) is 9.57 Å². The van der Waals surface area contributed by atoms with Gasteiger partial charge in [-0.15, -0.1) is 0 Å². The van der Waals surface area contributed by atoms with E-state index in [1.54, 1.807) is 19.2 Å². The Morgan fingerprint density at radius 3 is 2.83 bits per heavy atom. The van der Waals surface area contributed by atoms with Gasteiger partial charge in [0.15, 0.2) is 0 Å². The maximum atomic E-state index is 11.6. The number of anilines is 1. The molecule has 1 aromatic carbocycles.